The molecule has 0 saturated heterocycles. The first-order valence-corrected chi connectivity index (χ1v) is 6.27. The van der Waals surface area contributed by atoms with Gasteiger partial charge in [0.1, 0.15) is 5.75 Å². The Hall–Kier alpha value is -1.12. The summed E-state index contributed by atoms with van der Waals surface area (Å²) in [7, 11) is 0. The maximum absolute atomic E-state index is 9.15. The Kier molecular flexibility index (Phi) is 3.75. The molecule has 0 fully saturated rings. The Morgan fingerprint density at radius 2 is 1.81 bits per heavy atom. The summed E-state index contributed by atoms with van der Waals surface area (Å²) in [6.07, 6.45) is 0. The Morgan fingerprint density at radius 3 is 2.50 bits per heavy atom. The number of hydrogen-bond donors (Lipinski definition) is 1. The van der Waals surface area contributed by atoms with Gasteiger partial charge in [-0.3, -0.25) is 0 Å². The molecule has 0 aliphatic rings. The molecule has 0 aromatic heterocycles. The molecule has 0 amide bonds. The van der Waals surface area contributed by atoms with Gasteiger partial charge in [-0.1, -0.05) is 23.7 Å². The highest BCUT2D eigenvalue weighted by molar-refractivity contribution is 7.98. The second-order valence-corrected chi connectivity index (χ2v) is 4.90. The predicted octanol–water partition coefficient (Wildman–Crippen LogP) is 4.34. The molecule has 0 spiro atoms. The van der Waals surface area contributed by atoms with Gasteiger partial charge in [0.15, 0.2) is 0 Å². The third-order valence-electron chi connectivity index (χ3n) is 2.13. The molecule has 2 aromatic rings. The van der Waals surface area contributed by atoms with E-state index < -0.39 is 0 Å². The lowest BCUT2D eigenvalue weighted by Gasteiger charge is -2.02. The van der Waals surface area contributed by atoms with E-state index in [9.17, 15) is 0 Å². The molecule has 0 radical (unpaired) electrons. The van der Waals surface area contributed by atoms with E-state index in [2.05, 4.69) is 6.07 Å². The summed E-state index contributed by atoms with van der Waals surface area (Å²) < 4.78 is 0. The largest absolute Gasteiger partial charge is 0.508 e. The number of aromatic hydroxyl groups is 1. The highest BCUT2D eigenvalue weighted by Crippen LogP contribution is 2.25. The molecule has 16 heavy (non-hydrogen) atoms. The summed E-state index contributed by atoms with van der Waals surface area (Å²) in [5.74, 6) is 1.18. The Morgan fingerprint density at radius 1 is 1.06 bits per heavy atom. The maximum Gasteiger partial charge on any atom is 0.115 e. The van der Waals surface area contributed by atoms with Gasteiger partial charge < -0.3 is 5.11 Å². The first kappa shape index (κ1) is 11.4. The highest BCUT2D eigenvalue weighted by atomic mass is 35.5. The van der Waals surface area contributed by atoms with Gasteiger partial charge in [0, 0.05) is 15.7 Å². The summed E-state index contributed by atoms with van der Waals surface area (Å²) in [6, 6.07) is 15.1. The molecule has 0 saturated carbocycles. The van der Waals surface area contributed by atoms with Gasteiger partial charge >= 0.3 is 0 Å². The van der Waals surface area contributed by atoms with Crippen molar-refractivity contribution in [1.29, 1.82) is 0 Å². The van der Waals surface area contributed by atoms with Crippen LogP contribution in [0.2, 0.25) is 5.02 Å². The van der Waals surface area contributed by atoms with Crippen molar-refractivity contribution in [2.75, 3.05) is 0 Å². The smallest absolute Gasteiger partial charge is 0.115 e. The van der Waals surface area contributed by atoms with E-state index in [0.717, 1.165) is 15.7 Å². The van der Waals surface area contributed by atoms with Crippen LogP contribution in [0.4, 0.5) is 0 Å². The van der Waals surface area contributed by atoms with E-state index in [1.807, 2.05) is 30.3 Å². The van der Waals surface area contributed by atoms with Crippen LogP contribution in [0.15, 0.2) is 53.4 Å². The van der Waals surface area contributed by atoms with Gasteiger partial charge in [0.05, 0.1) is 0 Å². The zero-order chi connectivity index (χ0) is 11.4. The van der Waals surface area contributed by atoms with Gasteiger partial charge in [0.25, 0.3) is 0 Å². The quantitative estimate of drug-likeness (QED) is 0.818. The van der Waals surface area contributed by atoms with Crippen molar-refractivity contribution < 1.29 is 5.11 Å². The van der Waals surface area contributed by atoms with Crippen molar-refractivity contribution in [1.82, 2.24) is 0 Å². The van der Waals surface area contributed by atoms with E-state index >= 15 is 0 Å². The third kappa shape index (κ3) is 3.19. The monoisotopic (exact) mass is 250 g/mol. The standard InChI is InChI=1S/C13H11ClOS/c14-11-3-1-2-10(8-11)9-16-13-6-4-12(15)5-7-13/h1-8,15H,9H2. The first-order valence-electron chi connectivity index (χ1n) is 4.90. The second kappa shape index (κ2) is 5.28. The molecule has 0 aliphatic heterocycles. The molecule has 0 unspecified atom stereocenters. The molecule has 2 rings (SSSR count). The number of phenols is 1. The molecule has 0 heterocycles. The lowest BCUT2D eigenvalue weighted by atomic mass is 10.2. The van der Waals surface area contributed by atoms with Crippen LogP contribution >= 0.6 is 23.4 Å². The fourth-order valence-electron chi connectivity index (χ4n) is 1.34. The van der Waals surface area contributed by atoms with Gasteiger partial charge in [0.2, 0.25) is 0 Å². The number of phenolic OH excluding ortho intramolecular Hbond substituents is 1. The van der Waals surface area contributed by atoms with Crippen LogP contribution in [0.5, 0.6) is 5.75 Å². The minimum atomic E-state index is 0.298. The van der Waals surface area contributed by atoms with Crippen molar-refractivity contribution in [2.45, 2.75) is 10.6 Å². The van der Waals surface area contributed by atoms with Crippen LogP contribution in [0, 0.1) is 0 Å². The average Bonchev–Trinajstić information content (AvgIpc) is 2.28. The molecule has 3 heteroatoms. The Balaban J connectivity index is 1.99. The molecule has 2 aromatic carbocycles. The fourth-order valence-corrected chi connectivity index (χ4v) is 2.39. The zero-order valence-electron chi connectivity index (χ0n) is 8.56. The number of hydrogen-bond acceptors (Lipinski definition) is 2. The summed E-state index contributed by atoms with van der Waals surface area (Å²) in [4.78, 5) is 1.14. The molecule has 1 N–H and O–H groups in total. The molecular weight excluding hydrogens is 240 g/mol. The second-order valence-electron chi connectivity index (χ2n) is 3.41. The summed E-state index contributed by atoms with van der Waals surface area (Å²) >= 11 is 7.63. The molecule has 1 nitrogen and oxygen atoms in total. The minimum Gasteiger partial charge on any atom is -0.508 e. The van der Waals surface area contributed by atoms with Crippen LogP contribution in [0.1, 0.15) is 5.56 Å². The average molecular weight is 251 g/mol. The van der Waals surface area contributed by atoms with E-state index in [0.29, 0.717) is 5.75 Å². The van der Waals surface area contributed by atoms with E-state index in [-0.39, 0.29) is 0 Å². The van der Waals surface area contributed by atoms with Crippen LogP contribution in [-0.2, 0) is 5.75 Å². The summed E-state index contributed by atoms with van der Waals surface area (Å²) in [6.45, 7) is 0. The van der Waals surface area contributed by atoms with Crippen molar-refractivity contribution in [3.63, 3.8) is 0 Å². The van der Waals surface area contributed by atoms with Crippen LogP contribution < -0.4 is 0 Å². The third-order valence-corrected chi connectivity index (χ3v) is 3.45. The molecule has 82 valence electrons. The molecule has 0 bridgehead atoms. The van der Waals surface area contributed by atoms with E-state index in [4.69, 9.17) is 16.7 Å². The molecular formula is C13H11ClOS. The lowest BCUT2D eigenvalue weighted by molar-refractivity contribution is 0.475. The minimum absolute atomic E-state index is 0.298. The van der Waals surface area contributed by atoms with Crippen LogP contribution in [-0.4, -0.2) is 5.11 Å². The van der Waals surface area contributed by atoms with Gasteiger partial charge in [-0.25, -0.2) is 0 Å². The Labute approximate surface area is 104 Å². The van der Waals surface area contributed by atoms with Crippen molar-refractivity contribution in [3.05, 3.63) is 59.1 Å². The van der Waals surface area contributed by atoms with Gasteiger partial charge in [-0.2, -0.15) is 0 Å². The number of halogens is 1. The SMILES string of the molecule is Oc1ccc(SCc2cccc(Cl)c2)cc1. The molecule has 0 atom stereocenters. The molecule has 0 aliphatic carbocycles. The van der Waals surface area contributed by atoms with Crippen molar-refractivity contribution in [3.8, 4) is 5.75 Å². The first-order chi connectivity index (χ1) is 7.74. The van der Waals surface area contributed by atoms with Gasteiger partial charge in [-0.05, 0) is 42.0 Å². The maximum atomic E-state index is 9.15. The predicted molar refractivity (Wildman–Crippen MR) is 69.1 cm³/mol. The summed E-state index contributed by atoms with van der Waals surface area (Å²) in [5.41, 5.74) is 1.20. The van der Waals surface area contributed by atoms with E-state index in [1.165, 1.54) is 5.56 Å². The van der Waals surface area contributed by atoms with Crippen molar-refractivity contribution >= 4 is 23.4 Å². The Bertz CT molecular complexity index is 468. The van der Waals surface area contributed by atoms with Crippen LogP contribution in [0.3, 0.4) is 0 Å². The van der Waals surface area contributed by atoms with E-state index in [1.54, 1.807) is 23.9 Å². The summed E-state index contributed by atoms with van der Waals surface area (Å²) in [5, 5.41) is 9.92. The number of thioether (sulfide) groups is 1. The highest BCUT2D eigenvalue weighted by Gasteiger charge is 1.97. The normalized spacial score (nSPS) is 10.3. The fraction of sp³-hybridized carbons (Fsp3) is 0.0769. The van der Waals surface area contributed by atoms with Crippen molar-refractivity contribution in [2.24, 2.45) is 0 Å². The number of benzene rings is 2. The van der Waals surface area contributed by atoms with Crippen LogP contribution in [0.25, 0.3) is 0 Å². The van der Waals surface area contributed by atoms with Gasteiger partial charge in [-0.15, -0.1) is 11.8 Å². The topological polar surface area (TPSA) is 20.2 Å². The zero-order valence-corrected chi connectivity index (χ0v) is 10.1. The number of rotatable bonds is 3. The lowest BCUT2D eigenvalue weighted by Crippen LogP contribution is -1.80.